The Kier molecular flexibility index (Phi) is 5.46. The van der Waals surface area contributed by atoms with E-state index in [0.29, 0.717) is 17.1 Å². The van der Waals surface area contributed by atoms with Crippen LogP contribution in [0.25, 0.3) is 0 Å². The number of carboxylic acid groups (broad SMARTS) is 1. The van der Waals surface area contributed by atoms with Crippen molar-refractivity contribution in [1.82, 2.24) is 0 Å². The second-order valence-electron chi connectivity index (χ2n) is 6.47. The lowest BCUT2D eigenvalue weighted by Gasteiger charge is -2.40. The van der Waals surface area contributed by atoms with E-state index in [-0.39, 0.29) is 0 Å². The minimum absolute atomic E-state index is 0.356. The van der Waals surface area contributed by atoms with E-state index in [0.717, 1.165) is 16.9 Å². The van der Waals surface area contributed by atoms with E-state index in [1.54, 1.807) is 6.92 Å². The van der Waals surface area contributed by atoms with Gasteiger partial charge in [-0.15, -0.1) is 0 Å². The molecule has 0 unspecified atom stereocenters. The van der Waals surface area contributed by atoms with E-state index < -0.39 is 17.0 Å². The number of ether oxygens (including phenoxy) is 1. The molecule has 0 aliphatic rings. The highest BCUT2D eigenvalue weighted by molar-refractivity contribution is 6.00. The monoisotopic (exact) mass is 344 g/mol. The van der Waals surface area contributed by atoms with E-state index in [4.69, 9.17) is 9.16 Å². The Morgan fingerprint density at radius 3 is 2.12 bits per heavy atom. The second-order valence-corrected chi connectivity index (χ2v) is 6.87. The molecule has 0 fully saturated rings. The van der Waals surface area contributed by atoms with Crippen LogP contribution in [0.5, 0.6) is 5.75 Å². The first kappa shape index (κ1) is 18.2. The minimum Gasteiger partial charge on any atom is -0.489 e. The molecule has 1 N–H and O–H groups in total. The maximum atomic E-state index is 11.7. The van der Waals surface area contributed by atoms with E-state index >= 15 is 0 Å². The lowest BCUT2D eigenvalue weighted by atomic mass is 9.71. The molecule has 0 saturated carbocycles. The SMILES string of the molecule is CC(C)(c1ccc(OCc2ccccc2)cc1)[C@](C)(O[SiH3])C(=O)O. The largest absolute Gasteiger partial charge is 0.489 e. The van der Waals surface area contributed by atoms with Gasteiger partial charge in [-0.25, -0.2) is 4.79 Å². The number of carbonyl (C=O) groups is 1. The molecule has 0 spiro atoms. The summed E-state index contributed by atoms with van der Waals surface area (Å²) in [5.74, 6) is -0.200. The van der Waals surface area contributed by atoms with Crippen LogP contribution in [0.3, 0.4) is 0 Å². The van der Waals surface area contributed by atoms with Crippen molar-refractivity contribution < 1.29 is 19.1 Å². The average molecular weight is 344 g/mol. The molecule has 0 bridgehead atoms. The highest BCUT2D eigenvalue weighted by Crippen LogP contribution is 2.38. The number of hydrogen-bond donors (Lipinski definition) is 1. The molecule has 0 heterocycles. The van der Waals surface area contributed by atoms with Crippen LogP contribution in [-0.2, 0) is 21.2 Å². The number of hydrogen-bond acceptors (Lipinski definition) is 3. The van der Waals surface area contributed by atoms with Gasteiger partial charge in [-0.3, -0.25) is 0 Å². The summed E-state index contributed by atoms with van der Waals surface area (Å²) < 4.78 is 11.2. The van der Waals surface area contributed by atoms with Gasteiger partial charge in [-0.05, 0) is 30.2 Å². The van der Waals surface area contributed by atoms with Crippen molar-refractivity contribution in [3.05, 3.63) is 65.7 Å². The Morgan fingerprint density at radius 1 is 1.04 bits per heavy atom. The summed E-state index contributed by atoms with van der Waals surface area (Å²) in [6, 6.07) is 17.5. The van der Waals surface area contributed by atoms with E-state index in [1.165, 1.54) is 0 Å². The summed E-state index contributed by atoms with van der Waals surface area (Å²) in [5.41, 5.74) is 0.0736. The first-order valence-electron chi connectivity index (χ1n) is 7.87. The van der Waals surface area contributed by atoms with Crippen LogP contribution in [0.15, 0.2) is 54.6 Å². The maximum absolute atomic E-state index is 11.7. The predicted molar refractivity (Wildman–Crippen MR) is 97.3 cm³/mol. The van der Waals surface area contributed by atoms with E-state index in [9.17, 15) is 9.90 Å². The molecule has 0 amide bonds. The standard InChI is InChI=1S/C19H24O4Si/c1-18(2,19(3,23-24)17(20)21)15-9-11-16(12-10-15)22-13-14-7-5-4-6-8-14/h4-12H,13H2,1-3,24H3,(H,20,21)/t19-/m1/s1. The Labute approximate surface area is 146 Å². The molecular weight excluding hydrogens is 320 g/mol. The van der Waals surface area contributed by atoms with Gasteiger partial charge in [0.1, 0.15) is 22.8 Å². The zero-order valence-electron chi connectivity index (χ0n) is 14.6. The molecule has 128 valence electrons. The molecule has 1 atom stereocenters. The molecule has 0 aliphatic heterocycles. The fraction of sp³-hybridized carbons (Fsp3) is 0.316. The second kappa shape index (κ2) is 7.19. The van der Waals surface area contributed by atoms with Gasteiger partial charge in [-0.2, -0.15) is 0 Å². The van der Waals surface area contributed by atoms with Crippen LogP contribution in [0.1, 0.15) is 31.9 Å². The van der Waals surface area contributed by atoms with E-state index in [2.05, 4.69) is 0 Å². The fourth-order valence-corrected chi connectivity index (χ4v) is 3.28. The molecule has 0 aliphatic carbocycles. The van der Waals surface area contributed by atoms with Crippen LogP contribution in [0.4, 0.5) is 0 Å². The minimum atomic E-state index is -1.26. The topological polar surface area (TPSA) is 55.8 Å². The smallest absolute Gasteiger partial charge is 0.335 e. The van der Waals surface area contributed by atoms with Crippen LogP contribution >= 0.6 is 0 Å². The molecule has 0 radical (unpaired) electrons. The summed E-state index contributed by atoms with van der Waals surface area (Å²) in [5, 5.41) is 9.57. The van der Waals surface area contributed by atoms with Gasteiger partial charge in [0.05, 0.1) is 0 Å². The van der Waals surface area contributed by atoms with Gasteiger partial charge >= 0.3 is 5.97 Å². The van der Waals surface area contributed by atoms with Crippen LogP contribution in [-0.4, -0.2) is 27.2 Å². The Balaban J connectivity index is 2.15. The summed E-state index contributed by atoms with van der Waals surface area (Å²) >= 11 is 0. The summed E-state index contributed by atoms with van der Waals surface area (Å²) in [4.78, 5) is 11.7. The van der Waals surface area contributed by atoms with Gasteiger partial charge in [0.25, 0.3) is 0 Å². The highest BCUT2D eigenvalue weighted by atomic mass is 28.2. The highest BCUT2D eigenvalue weighted by Gasteiger charge is 2.48. The van der Waals surface area contributed by atoms with Gasteiger partial charge in [-0.1, -0.05) is 56.3 Å². The molecule has 4 nitrogen and oxygen atoms in total. The van der Waals surface area contributed by atoms with Crippen molar-refractivity contribution in [3.8, 4) is 5.75 Å². The van der Waals surface area contributed by atoms with Gasteiger partial charge < -0.3 is 14.3 Å². The fourth-order valence-electron chi connectivity index (χ4n) is 2.59. The normalized spacial score (nSPS) is 14.1. The third-order valence-corrected chi connectivity index (χ3v) is 5.65. The molecule has 0 saturated heterocycles. The number of rotatable bonds is 7. The van der Waals surface area contributed by atoms with Crippen molar-refractivity contribution in [3.63, 3.8) is 0 Å². The lowest BCUT2D eigenvalue weighted by molar-refractivity contribution is -0.159. The number of aliphatic carboxylic acids is 1. The van der Waals surface area contributed by atoms with Crippen LogP contribution in [0, 0.1) is 0 Å². The van der Waals surface area contributed by atoms with Crippen molar-refractivity contribution in [2.24, 2.45) is 0 Å². The summed E-state index contributed by atoms with van der Waals surface area (Å²) in [7, 11) is 0.356. The molecule has 0 aromatic heterocycles. The maximum Gasteiger partial charge on any atom is 0.335 e. The zero-order valence-corrected chi connectivity index (χ0v) is 16.6. The van der Waals surface area contributed by atoms with Crippen molar-refractivity contribution in [1.29, 1.82) is 0 Å². The van der Waals surface area contributed by atoms with Crippen molar-refractivity contribution in [2.45, 2.75) is 38.4 Å². The third-order valence-electron chi connectivity index (χ3n) is 4.83. The summed E-state index contributed by atoms with van der Waals surface area (Å²) in [6.07, 6.45) is 0. The van der Waals surface area contributed by atoms with Crippen LogP contribution < -0.4 is 4.74 Å². The molecule has 2 aromatic carbocycles. The van der Waals surface area contributed by atoms with Gasteiger partial charge in [0.2, 0.25) is 0 Å². The summed E-state index contributed by atoms with van der Waals surface area (Å²) in [6.45, 7) is 5.90. The first-order chi connectivity index (χ1) is 11.3. The number of carboxylic acids is 1. The molecule has 2 rings (SSSR count). The average Bonchev–Trinajstić information content (AvgIpc) is 2.60. The Hall–Kier alpha value is -2.11. The van der Waals surface area contributed by atoms with Crippen LogP contribution in [0.2, 0.25) is 0 Å². The molecule has 2 aromatic rings. The quantitative estimate of drug-likeness (QED) is 0.785. The molecule has 5 heteroatoms. The van der Waals surface area contributed by atoms with Gasteiger partial charge in [0.15, 0.2) is 5.60 Å². The first-order valence-corrected chi connectivity index (χ1v) is 8.69. The number of benzene rings is 2. The Morgan fingerprint density at radius 2 is 1.62 bits per heavy atom. The van der Waals surface area contributed by atoms with Crippen molar-refractivity contribution in [2.75, 3.05) is 0 Å². The van der Waals surface area contributed by atoms with Crippen molar-refractivity contribution >= 4 is 16.5 Å². The lowest BCUT2D eigenvalue weighted by Crippen LogP contribution is -2.53. The third kappa shape index (κ3) is 3.52. The predicted octanol–water partition coefficient (Wildman–Crippen LogP) is 2.68. The van der Waals surface area contributed by atoms with E-state index in [1.807, 2.05) is 68.4 Å². The molecule has 24 heavy (non-hydrogen) atoms. The zero-order chi connectivity index (χ0) is 17.8. The van der Waals surface area contributed by atoms with Gasteiger partial charge in [0, 0.05) is 5.41 Å². The molecular formula is C19H24O4Si. The Bertz CT molecular complexity index is 682.